The van der Waals surface area contributed by atoms with Crippen LogP contribution in [0.5, 0.6) is 5.75 Å². The zero-order chi connectivity index (χ0) is 9.43. The Kier molecular flexibility index (Phi) is 1.79. The van der Waals surface area contributed by atoms with Crippen molar-refractivity contribution < 1.29 is 4.74 Å². The predicted octanol–water partition coefficient (Wildman–Crippen LogP) is 3.28. The number of benzene rings is 1. The van der Waals surface area contributed by atoms with Crippen molar-refractivity contribution >= 4 is 0 Å². The Balaban J connectivity index is 2.10. The van der Waals surface area contributed by atoms with Gasteiger partial charge in [-0.2, -0.15) is 0 Å². The summed E-state index contributed by atoms with van der Waals surface area (Å²) in [7, 11) is 0. The number of hydrogen-bond acceptors (Lipinski definition) is 1. The zero-order valence-corrected chi connectivity index (χ0v) is 8.46. The monoisotopic (exact) mass is 188 g/mol. The molecule has 1 nitrogen and oxygen atoms in total. The second kappa shape index (κ2) is 3.01. The van der Waals surface area contributed by atoms with Crippen LogP contribution in [-0.2, 0) is 5.41 Å². The molecule has 1 aliphatic heterocycles. The molecule has 3 rings (SSSR count). The largest absolute Gasteiger partial charge is 0.493 e. The fourth-order valence-corrected chi connectivity index (χ4v) is 3.09. The molecule has 1 saturated carbocycles. The van der Waals surface area contributed by atoms with Gasteiger partial charge >= 0.3 is 0 Å². The first-order valence-electron chi connectivity index (χ1n) is 5.63. The lowest BCUT2D eigenvalue weighted by atomic mass is 9.75. The third-order valence-corrected chi connectivity index (χ3v) is 3.86. The maximum Gasteiger partial charge on any atom is 0.123 e. The van der Waals surface area contributed by atoms with Crippen LogP contribution in [0.4, 0.5) is 0 Å². The summed E-state index contributed by atoms with van der Waals surface area (Å²) in [6.45, 7) is 0.914. The number of ether oxygens (including phenoxy) is 1. The molecule has 1 fully saturated rings. The van der Waals surface area contributed by atoms with E-state index in [0.29, 0.717) is 5.41 Å². The zero-order valence-electron chi connectivity index (χ0n) is 8.46. The lowest BCUT2D eigenvalue weighted by Gasteiger charge is -2.35. The van der Waals surface area contributed by atoms with Gasteiger partial charge in [-0.25, -0.2) is 0 Å². The summed E-state index contributed by atoms with van der Waals surface area (Å²) in [5.41, 5.74) is 1.96. The molecule has 0 atom stereocenters. The van der Waals surface area contributed by atoms with Gasteiger partial charge in [0.15, 0.2) is 0 Å². The molecule has 74 valence electrons. The quantitative estimate of drug-likeness (QED) is 0.607. The third-order valence-electron chi connectivity index (χ3n) is 3.86. The van der Waals surface area contributed by atoms with Crippen molar-refractivity contribution in [3.63, 3.8) is 0 Å². The van der Waals surface area contributed by atoms with Crippen LogP contribution < -0.4 is 4.74 Å². The highest BCUT2D eigenvalue weighted by molar-refractivity contribution is 5.41. The summed E-state index contributed by atoms with van der Waals surface area (Å²) >= 11 is 0. The Morgan fingerprint density at radius 3 is 2.64 bits per heavy atom. The molecule has 0 saturated heterocycles. The number of rotatable bonds is 0. The Morgan fingerprint density at radius 2 is 1.79 bits per heavy atom. The van der Waals surface area contributed by atoms with E-state index in [1.54, 1.807) is 0 Å². The van der Waals surface area contributed by atoms with Crippen LogP contribution >= 0.6 is 0 Å². The van der Waals surface area contributed by atoms with E-state index in [1.165, 1.54) is 37.7 Å². The molecule has 1 heterocycles. The van der Waals surface area contributed by atoms with Crippen LogP contribution in [0.3, 0.4) is 0 Å². The van der Waals surface area contributed by atoms with Gasteiger partial charge < -0.3 is 4.74 Å². The summed E-state index contributed by atoms with van der Waals surface area (Å²) < 4.78 is 5.71. The molecule has 0 amide bonds. The molecule has 0 radical (unpaired) electrons. The third kappa shape index (κ3) is 1.08. The highest BCUT2D eigenvalue weighted by Crippen LogP contribution is 2.49. The summed E-state index contributed by atoms with van der Waals surface area (Å²) in [5, 5.41) is 0. The summed E-state index contributed by atoms with van der Waals surface area (Å²) in [6.07, 6.45) is 6.76. The van der Waals surface area contributed by atoms with Crippen LogP contribution in [-0.4, -0.2) is 6.61 Å². The van der Waals surface area contributed by atoms with Crippen molar-refractivity contribution in [3.8, 4) is 5.75 Å². The Hall–Kier alpha value is -0.980. The fraction of sp³-hybridized carbons (Fsp3) is 0.538. The molecule has 0 bridgehead atoms. The van der Waals surface area contributed by atoms with Crippen molar-refractivity contribution in [1.82, 2.24) is 0 Å². The highest BCUT2D eigenvalue weighted by atomic mass is 16.5. The van der Waals surface area contributed by atoms with Crippen molar-refractivity contribution in [3.05, 3.63) is 29.8 Å². The van der Waals surface area contributed by atoms with E-state index in [9.17, 15) is 0 Å². The maximum atomic E-state index is 5.71. The number of fused-ring (bicyclic) bond motifs is 2. The fourth-order valence-electron chi connectivity index (χ4n) is 3.09. The first-order chi connectivity index (χ1) is 6.91. The molecule has 2 aliphatic rings. The van der Waals surface area contributed by atoms with Gasteiger partial charge in [0.05, 0.1) is 6.61 Å². The van der Waals surface area contributed by atoms with Crippen LogP contribution in [0.15, 0.2) is 24.3 Å². The molecule has 1 aromatic rings. The van der Waals surface area contributed by atoms with Crippen LogP contribution in [0, 0.1) is 0 Å². The molecule has 0 N–H and O–H groups in total. The Morgan fingerprint density at radius 1 is 1.00 bits per heavy atom. The second-order valence-corrected chi connectivity index (χ2v) is 4.58. The maximum absolute atomic E-state index is 5.71. The molecule has 0 aromatic heterocycles. The van der Waals surface area contributed by atoms with E-state index in [-0.39, 0.29) is 0 Å². The normalized spacial score (nSPS) is 23.1. The predicted molar refractivity (Wildman–Crippen MR) is 56.7 cm³/mol. The standard InChI is InChI=1S/C13H16O/c1-2-6-12-11(5-1)13(9-10-14-12)7-3-4-8-13/h1-2,5-6H,3-4,7-10H2. The van der Waals surface area contributed by atoms with Crippen molar-refractivity contribution in [2.45, 2.75) is 37.5 Å². The molecule has 14 heavy (non-hydrogen) atoms. The molecule has 1 spiro atoms. The van der Waals surface area contributed by atoms with Gasteiger partial charge in [-0.15, -0.1) is 0 Å². The van der Waals surface area contributed by atoms with E-state index in [1.807, 2.05) is 0 Å². The first-order valence-corrected chi connectivity index (χ1v) is 5.63. The van der Waals surface area contributed by atoms with Crippen LogP contribution in [0.2, 0.25) is 0 Å². The smallest absolute Gasteiger partial charge is 0.123 e. The molecular weight excluding hydrogens is 172 g/mol. The van der Waals surface area contributed by atoms with Crippen molar-refractivity contribution in [1.29, 1.82) is 0 Å². The number of para-hydroxylation sites is 1. The summed E-state index contributed by atoms with van der Waals surface area (Å²) in [6, 6.07) is 8.61. The van der Waals surface area contributed by atoms with E-state index in [0.717, 1.165) is 12.4 Å². The van der Waals surface area contributed by atoms with Crippen molar-refractivity contribution in [2.75, 3.05) is 6.61 Å². The lowest BCUT2D eigenvalue weighted by molar-refractivity contribution is 0.215. The van der Waals surface area contributed by atoms with Crippen LogP contribution in [0.1, 0.15) is 37.7 Å². The molecule has 1 aromatic carbocycles. The number of hydrogen-bond donors (Lipinski definition) is 0. The highest BCUT2D eigenvalue weighted by Gasteiger charge is 2.39. The second-order valence-electron chi connectivity index (χ2n) is 4.58. The minimum atomic E-state index is 0.481. The van der Waals surface area contributed by atoms with Crippen molar-refractivity contribution in [2.24, 2.45) is 0 Å². The van der Waals surface area contributed by atoms with Gasteiger partial charge in [-0.1, -0.05) is 31.0 Å². The first kappa shape index (κ1) is 8.34. The Bertz CT molecular complexity index is 337. The van der Waals surface area contributed by atoms with Gasteiger partial charge in [0.1, 0.15) is 5.75 Å². The van der Waals surface area contributed by atoms with Gasteiger partial charge in [0.25, 0.3) is 0 Å². The average molecular weight is 188 g/mol. The minimum Gasteiger partial charge on any atom is -0.493 e. The lowest BCUT2D eigenvalue weighted by Crippen LogP contribution is -2.29. The van der Waals surface area contributed by atoms with E-state index in [2.05, 4.69) is 24.3 Å². The average Bonchev–Trinajstić information content (AvgIpc) is 2.68. The topological polar surface area (TPSA) is 9.23 Å². The molecule has 1 aliphatic carbocycles. The van der Waals surface area contributed by atoms with E-state index in [4.69, 9.17) is 4.74 Å². The SMILES string of the molecule is c1ccc2c(c1)OCCC21CCCC1. The van der Waals surface area contributed by atoms with Gasteiger partial charge in [0, 0.05) is 11.0 Å². The van der Waals surface area contributed by atoms with Crippen LogP contribution in [0.25, 0.3) is 0 Å². The van der Waals surface area contributed by atoms with E-state index < -0.39 is 0 Å². The Labute approximate surface area is 85.1 Å². The minimum absolute atomic E-state index is 0.481. The van der Waals surface area contributed by atoms with E-state index >= 15 is 0 Å². The summed E-state index contributed by atoms with van der Waals surface area (Å²) in [5.74, 6) is 1.14. The van der Waals surface area contributed by atoms with Gasteiger partial charge in [0.2, 0.25) is 0 Å². The molecule has 0 unspecified atom stereocenters. The van der Waals surface area contributed by atoms with Gasteiger partial charge in [-0.3, -0.25) is 0 Å². The summed E-state index contributed by atoms with van der Waals surface area (Å²) in [4.78, 5) is 0. The molecule has 1 heteroatoms. The van der Waals surface area contributed by atoms with Gasteiger partial charge in [-0.05, 0) is 25.3 Å². The molecular formula is C13H16O.